The summed E-state index contributed by atoms with van der Waals surface area (Å²) >= 11 is 0. The molecule has 0 saturated carbocycles. The molecule has 118 valence electrons. The third-order valence-electron chi connectivity index (χ3n) is 3.93. The highest BCUT2D eigenvalue weighted by Gasteiger charge is 2.26. The van der Waals surface area contributed by atoms with E-state index in [0.29, 0.717) is 31.2 Å². The van der Waals surface area contributed by atoms with Crippen molar-refractivity contribution in [2.75, 3.05) is 24.4 Å². The first-order valence-electron chi connectivity index (χ1n) is 7.58. The van der Waals surface area contributed by atoms with Crippen molar-refractivity contribution in [2.45, 2.75) is 32.6 Å². The standard InChI is InChI=1S/C15H25N3O2S/c1-13-7-10-18(11-8-13)21(19,20)17-15-6-2-4-14(12-15)5-3-9-16/h2,4,6,12-13,17H,3,5,7-11,16H2,1H3. The molecule has 1 heterocycles. The molecule has 1 aromatic rings. The zero-order chi connectivity index (χ0) is 15.3. The van der Waals surface area contributed by atoms with Crippen molar-refractivity contribution < 1.29 is 8.42 Å². The van der Waals surface area contributed by atoms with Crippen molar-refractivity contribution in [3.63, 3.8) is 0 Å². The van der Waals surface area contributed by atoms with E-state index < -0.39 is 10.2 Å². The van der Waals surface area contributed by atoms with E-state index >= 15 is 0 Å². The molecule has 0 bridgehead atoms. The average Bonchev–Trinajstić information content (AvgIpc) is 2.45. The Morgan fingerprint density at radius 2 is 2.05 bits per heavy atom. The van der Waals surface area contributed by atoms with Gasteiger partial charge in [-0.05, 0) is 55.8 Å². The van der Waals surface area contributed by atoms with E-state index in [9.17, 15) is 8.42 Å². The van der Waals surface area contributed by atoms with E-state index in [1.54, 1.807) is 10.4 Å². The maximum absolute atomic E-state index is 12.4. The van der Waals surface area contributed by atoms with Gasteiger partial charge in [0.25, 0.3) is 0 Å². The molecule has 0 spiro atoms. The summed E-state index contributed by atoms with van der Waals surface area (Å²) in [6.07, 6.45) is 3.63. The third kappa shape index (κ3) is 4.69. The molecule has 0 amide bonds. The van der Waals surface area contributed by atoms with Crippen LogP contribution in [0.4, 0.5) is 5.69 Å². The molecule has 0 radical (unpaired) electrons. The van der Waals surface area contributed by atoms with Crippen LogP contribution >= 0.6 is 0 Å². The van der Waals surface area contributed by atoms with Gasteiger partial charge in [0.15, 0.2) is 0 Å². The van der Waals surface area contributed by atoms with E-state index in [1.165, 1.54) is 0 Å². The molecule has 0 aliphatic carbocycles. The topological polar surface area (TPSA) is 75.4 Å². The normalized spacial score (nSPS) is 17.8. The average molecular weight is 311 g/mol. The molecule has 6 heteroatoms. The van der Waals surface area contributed by atoms with Crippen molar-refractivity contribution in [3.05, 3.63) is 29.8 Å². The van der Waals surface area contributed by atoms with Crippen molar-refractivity contribution >= 4 is 15.9 Å². The summed E-state index contributed by atoms with van der Waals surface area (Å²) in [5, 5.41) is 0. The lowest BCUT2D eigenvalue weighted by Crippen LogP contribution is -2.41. The fourth-order valence-corrected chi connectivity index (χ4v) is 3.78. The molecule has 2 rings (SSSR count). The van der Waals surface area contributed by atoms with Crippen LogP contribution < -0.4 is 10.5 Å². The number of nitrogens with two attached hydrogens (primary N) is 1. The van der Waals surface area contributed by atoms with Crippen molar-refractivity contribution in [1.29, 1.82) is 0 Å². The van der Waals surface area contributed by atoms with E-state index in [2.05, 4.69) is 11.6 Å². The van der Waals surface area contributed by atoms with Gasteiger partial charge in [-0.25, -0.2) is 0 Å². The molecule has 0 aromatic heterocycles. The molecule has 1 aliphatic heterocycles. The van der Waals surface area contributed by atoms with Crippen molar-refractivity contribution in [3.8, 4) is 0 Å². The predicted octanol–water partition coefficient (Wildman–Crippen LogP) is 1.97. The number of aryl methyl sites for hydroxylation is 1. The first-order valence-corrected chi connectivity index (χ1v) is 9.02. The van der Waals surface area contributed by atoms with E-state index in [4.69, 9.17) is 5.73 Å². The minimum atomic E-state index is -3.44. The first-order chi connectivity index (χ1) is 10.0. The quantitative estimate of drug-likeness (QED) is 0.843. The highest BCUT2D eigenvalue weighted by Crippen LogP contribution is 2.21. The number of benzene rings is 1. The lowest BCUT2D eigenvalue weighted by Gasteiger charge is -2.29. The van der Waals surface area contributed by atoms with Gasteiger partial charge >= 0.3 is 10.2 Å². The van der Waals surface area contributed by atoms with Gasteiger partial charge in [-0.1, -0.05) is 19.1 Å². The highest BCUT2D eigenvalue weighted by molar-refractivity contribution is 7.90. The molecule has 1 aromatic carbocycles. The molecule has 21 heavy (non-hydrogen) atoms. The van der Waals surface area contributed by atoms with Gasteiger partial charge in [0.05, 0.1) is 5.69 Å². The summed E-state index contributed by atoms with van der Waals surface area (Å²) in [7, 11) is -3.44. The van der Waals surface area contributed by atoms with Crippen LogP contribution in [0, 0.1) is 5.92 Å². The molecule has 3 N–H and O–H groups in total. The number of nitrogens with one attached hydrogen (secondary N) is 1. The number of rotatable bonds is 6. The zero-order valence-electron chi connectivity index (χ0n) is 12.6. The maximum Gasteiger partial charge on any atom is 0.301 e. The van der Waals surface area contributed by atoms with Gasteiger partial charge in [-0.3, -0.25) is 4.72 Å². The third-order valence-corrected chi connectivity index (χ3v) is 5.46. The van der Waals surface area contributed by atoms with Crippen LogP contribution in [0.15, 0.2) is 24.3 Å². The molecule has 0 atom stereocenters. The van der Waals surface area contributed by atoms with Crippen LogP contribution in [0.25, 0.3) is 0 Å². The molecule has 1 aliphatic rings. The molecular weight excluding hydrogens is 286 g/mol. The van der Waals surface area contributed by atoms with Gasteiger partial charge in [0, 0.05) is 13.1 Å². The smallest absolute Gasteiger partial charge is 0.301 e. The lowest BCUT2D eigenvalue weighted by atomic mass is 10.0. The monoisotopic (exact) mass is 311 g/mol. The van der Waals surface area contributed by atoms with Crippen LogP contribution in [-0.4, -0.2) is 32.4 Å². The zero-order valence-corrected chi connectivity index (χ0v) is 13.4. The summed E-state index contributed by atoms with van der Waals surface area (Å²) < 4.78 is 29.0. The molecule has 0 unspecified atom stereocenters. The fourth-order valence-electron chi connectivity index (χ4n) is 2.54. The Labute approximate surface area is 127 Å². The first kappa shape index (κ1) is 16.3. The molecule has 1 fully saturated rings. The van der Waals surface area contributed by atoms with Crippen LogP contribution in [0.1, 0.15) is 31.7 Å². The Morgan fingerprint density at radius 1 is 1.33 bits per heavy atom. The Morgan fingerprint density at radius 3 is 2.71 bits per heavy atom. The molecular formula is C15H25N3O2S. The number of hydrogen-bond acceptors (Lipinski definition) is 3. The largest absolute Gasteiger partial charge is 0.330 e. The number of anilines is 1. The molecule has 1 saturated heterocycles. The maximum atomic E-state index is 12.4. The molecule has 5 nitrogen and oxygen atoms in total. The van der Waals surface area contributed by atoms with Gasteiger partial charge in [0.2, 0.25) is 0 Å². The van der Waals surface area contributed by atoms with Crippen LogP contribution in [0.2, 0.25) is 0 Å². The van der Waals surface area contributed by atoms with Gasteiger partial charge in [0.1, 0.15) is 0 Å². The van der Waals surface area contributed by atoms with E-state index in [-0.39, 0.29) is 0 Å². The van der Waals surface area contributed by atoms with Gasteiger partial charge < -0.3 is 5.73 Å². The minimum absolute atomic E-state index is 0.601. The van der Waals surface area contributed by atoms with Crippen LogP contribution in [-0.2, 0) is 16.6 Å². The second-order valence-corrected chi connectivity index (χ2v) is 7.45. The van der Waals surface area contributed by atoms with Gasteiger partial charge in [-0.2, -0.15) is 12.7 Å². The Hall–Kier alpha value is -1.11. The summed E-state index contributed by atoms with van der Waals surface area (Å²) in [5.41, 5.74) is 7.24. The minimum Gasteiger partial charge on any atom is -0.330 e. The van der Waals surface area contributed by atoms with Gasteiger partial charge in [-0.15, -0.1) is 0 Å². The second kappa shape index (κ2) is 7.24. The van der Waals surface area contributed by atoms with E-state index in [1.807, 2.05) is 18.2 Å². The fraction of sp³-hybridized carbons (Fsp3) is 0.600. The van der Waals surface area contributed by atoms with Crippen molar-refractivity contribution in [2.24, 2.45) is 11.7 Å². The SMILES string of the molecule is CC1CCN(S(=O)(=O)Nc2cccc(CCCN)c2)CC1. The second-order valence-electron chi connectivity index (χ2n) is 5.78. The van der Waals surface area contributed by atoms with Crippen LogP contribution in [0.5, 0.6) is 0 Å². The summed E-state index contributed by atoms with van der Waals surface area (Å²) in [6, 6.07) is 7.55. The number of piperidine rings is 1. The lowest BCUT2D eigenvalue weighted by molar-refractivity contribution is 0.289. The van der Waals surface area contributed by atoms with Crippen molar-refractivity contribution in [1.82, 2.24) is 4.31 Å². The summed E-state index contributed by atoms with van der Waals surface area (Å²) in [4.78, 5) is 0. The highest BCUT2D eigenvalue weighted by atomic mass is 32.2. The Kier molecular flexibility index (Phi) is 5.61. The Bertz CT molecular complexity index is 552. The Balaban J connectivity index is 2.02. The summed E-state index contributed by atoms with van der Waals surface area (Å²) in [5.74, 6) is 0.607. The predicted molar refractivity (Wildman–Crippen MR) is 86.3 cm³/mol. The number of nitrogens with zero attached hydrogens (tertiary/aromatic N) is 1. The number of hydrogen-bond donors (Lipinski definition) is 2. The van der Waals surface area contributed by atoms with E-state index in [0.717, 1.165) is 31.2 Å². The van der Waals surface area contributed by atoms with Crippen LogP contribution in [0.3, 0.4) is 0 Å². The summed E-state index contributed by atoms with van der Waals surface area (Å²) in [6.45, 7) is 4.01.